The maximum absolute atomic E-state index is 12.5. The Morgan fingerprint density at radius 1 is 1.23 bits per heavy atom. The minimum absolute atomic E-state index is 0.0209. The number of methoxy groups -OCH3 is 2. The number of hydrogen-bond acceptors (Lipinski definition) is 6. The zero-order valence-corrected chi connectivity index (χ0v) is 19.0. The number of imide groups is 1. The Labute approximate surface area is 191 Å². The maximum Gasteiger partial charge on any atom is 0.329 e. The molecule has 10 heteroatoms. The molecule has 0 unspecified atom stereocenters. The van der Waals surface area contributed by atoms with Crippen molar-refractivity contribution in [3.8, 4) is 11.5 Å². The highest BCUT2D eigenvalue weighted by Gasteiger charge is 2.35. The lowest BCUT2D eigenvalue weighted by Crippen LogP contribution is -2.36. The van der Waals surface area contributed by atoms with Crippen molar-refractivity contribution in [1.82, 2.24) is 10.2 Å². The third-order valence-electron chi connectivity index (χ3n) is 4.37. The molecule has 0 aliphatic carbocycles. The number of ether oxygens (including phenoxy) is 3. The van der Waals surface area contributed by atoms with E-state index in [-0.39, 0.29) is 12.3 Å². The zero-order chi connectivity index (χ0) is 22.5. The molecule has 0 bridgehead atoms. The highest BCUT2D eigenvalue weighted by Crippen LogP contribution is 2.38. The molecule has 1 fully saturated rings. The van der Waals surface area contributed by atoms with Gasteiger partial charge in [0, 0.05) is 10.6 Å². The summed E-state index contributed by atoms with van der Waals surface area (Å²) >= 11 is 9.62. The number of benzene rings is 2. The van der Waals surface area contributed by atoms with E-state index in [9.17, 15) is 14.4 Å². The standard InChI is InChI=1S/C21H18BrClN2O6/c1-29-17-9-12(8-16-20(27)25(21(28)24-16)10-18(26)30-2)7-14(22)19(17)31-11-13-5-3-4-6-15(13)23/h3-9H,10-11H2,1-2H3,(H,24,28)/b16-8-. The number of nitrogens with zero attached hydrogens (tertiary/aromatic N) is 1. The van der Waals surface area contributed by atoms with Crippen LogP contribution in [0.3, 0.4) is 0 Å². The van der Waals surface area contributed by atoms with Crippen LogP contribution in [0.5, 0.6) is 11.5 Å². The number of nitrogens with one attached hydrogen (secondary N) is 1. The molecule has 162 valence electrons. The highest BCUT2D eigenvalue weighted by atomic mass is 79.9. The van der Waals surface area contributed by atoms with Crippen molar-refractivity contribution in [2.24, 2.45) is 0 Å². The van der Waals surface area contributed by atoms with Crippen molar-refractivity contribution >= 4 is 51.5 Å². The van der Waals surface area contributed by atoms with Gasteiger partial charge in [-0.3, -0.25) is 9.59 Å². The zero-order valence-electron chi connectivity index (χ0n) is 16.6. The van der Waals surface area contributed by atoms with Crippen molar-refractivity contribution in [3.05, 3.63) is 62.7 Å². The summed E-state index contributed by atoms with van der Waals surface area (Å²) in [7, 11) is 2.67. The van der Waals surface area contributed by atoms with E-state index in [1.165, 1.54) is 20.3 Å². The molecule has 1 N–H and O–H groups in total. The normalized spacial score (nSPS) is 14.6. The summed E-state index contributed by atoms with van der Waals surface area (Å²) in [6.45, 7) is -0.244. The Bertz CT molecular complexity index is 1070. The van der Waals surface area contributed by atoms with Gasteiger partial charge in [0.2, 0.25) is 0 Å². The summed E-state index contributed by atoms with van der Waals surface area (Å²) in [4.78, 5) is 36.6. The molecule has 8 nitrogen and oxygen atoms in total. The van der Waals surface area contributed by atoms with Crippen molar-refractivity contribution in [3.63, 3.8) is 0 Å². The molecule has 1 aliphatic heterocycles. The second-order valence-corrected chi connectivity index (χ2v) is 7.63. The van der Waals surface area contributed by atoms with Crippen molar-refractivity contribution in [2.45, 2.75) is 6.61 Å². The monoisotopic (exact) mass is 508 g/mol. The SMILES string of the molecule is COC(=O)CN1C(=O)N/C(=C\c2cc(Br)c(OCc3ccccc3Cl)c(OC)c2)C1=O. The highest BCUT2D eigenvalue weighted by molar-refractivity contribution is 9.10. The lowest BCUT2D eigenvalue weighted by atomic mass is 10.1. The molecule has 31 heavy (non-hydrogen) atoms. The molecule has 0 saturated carbocycles. The Hall–Kier alpha value is -3.04. The topological polar surface area (TPSA) is 94.2 Å². The molecule has 1 aliphatic rings. The third-order valence-corrected chi connectivity index (χ3v) is 5.33. The molecule has 2 aromatic rings. The molecular weight excluding hydrogens is 492 g/mol. The number of carbonyl (C=O) groups is 3. The minimum Gasteiger partial charge on any atom is -0.493 e. The van der Waals surface area contributed by atoms with Crippen LogP contribution in [0, 0.1) is 0 Å². The third kappa shape index (κ3) is 5.18. The second kappa shape index (κ2) is 9.84. The number of halogens is 2. The largest absolute Gasteiger partial charge is 0.493 e. The number of urea groups is 1. The van der Waals surface area contributed by atoms with Crippen molar-refractivity contribution in [1.29, 1.82) is 0 Å². The molecule has 0 radical (unpaired) electrons. The summed E-state index contributed by atoms with van der Waals surface area (Å²) in [6.07, 6.45) is 1.47. The minimum atomic E-state index is -0.702. The van der Waals surface area contributed by atoms with E-state index in [0.717, 1.165) is 10.5 Å². The van der Waals surface area contributed by atoms with Crippen molar-refractivity contribution in [2.75, 3.05) is 20.8 Å². The van der Waals surface area contributed by atoms with E-state index in [1.54, 1.807) is 18.2 Å². The van der Waals surface area contributed by atoms with Gasteiger partial charge >= 0.3 is 12.0 Å². The number of carbonyl (C=O) groups excluding carboxylic acids is 3. The van der Waals surface area contributed by atoms with Crippen LogP contribution in [0.1, 0.15) is 11.1 Å². The first-order valence-corrected chi connectivity index (χ1v) is 10.2. The van der Waals surface area contributed by atoms with E-state index < -0.39 is 24.5 Å². The summed E-state index contributed by atoms with van der Waals surface area (Å²) in [5, 5.41) is 3.03. The molecule has 3 rings (SSSR count). The van der Waals surface area contributed by atoms with Gasteiger partial charge in [0.1, 0.15) is 18.8 Å². The van der Waals surface area contributed by atoms with Gasteiger partial charge in [0.25, 0.3) is 5.91 Å². The lowest BCUT2D eigenvalue weighted by molar-refractivity contribution is -0.143. The maximum atomic E-state index is 12.5. The van der Waals surface area contributed by atoms with Gasteiger partial charge in [0.05, 0.1) is 18.7 Å². The number of hydrogen-bond donors (Lipinski definition) is 1. The molecule has 0 atom stereocenters. The average Bonchev–Trinajstić information content (AvgIpc) is 3.00. The Morgan fingerprint density at radius 3 is 2.65 bits per heavy atom. The fourth-order valence-corrected chi connectivity index (χ4v) is 3.57. The Kier molecular flexibility index (Phi) is 7.19. The van der Waals surface area contributed by atoms with Crippen molar-refractivity contribution < 1.29 is 28.6 Å². The van der Waals surface area contributed by atoms with Gasteiger partial charge in [-0.2, -0.15) is 0 Å². The number of amides is 3. The predicted octanol–water partition coefficient (Wildman–Crippen LogP) is 3.76. The first kappa shape index (κ1) is 22.6. The first-order chi connectivity index (χ1) is 14.8. The fourth-order valence-electron chi connectivity index (χ4n) is 2.80. The fraction of sp³-hybridized carbons (Fsp3) is 0.190. The molecule has 0 aromatic heterocycles. The van der Waals surface area contributed by atoms with E-state index >= 15 is 0 Å². The van der Waals surface area contributed by atoms with Crippen LogP contribution in [0.4, 0.5) is 4.79 Å². The van der Waals surface area contributed by atoms with Crippen LogP contribution in [-0.4, -0.2) is 43.6 Å². The lowest BCUT2D eigenvalue weighted by Gasteiger charge is -2.14. The van der Waals surface area contributed by atoms with Gasteiger partial charge in [-0.15, -0.1) is 0 Å². The second-order valence-electron chi connectivity index (χ2n) is 6.37. The summed E-state index contributed by atoms with van der Waals surface area (Å²) in [6, 6.07) is 9.99. The molecule has 1 heterocycles. The van der Waals surface area contributed by atoms with E-state index in [0.29, 0.717) is 26.6 Å². The smallest absolute Gasteiger partial charge is 0.329 e. The van der Waals surface area contributed by atoms with Gasteiger partial charge in [0.15, 0.2) is 11.5 Å². The molecule has 2 aromatic carbocycles. The Balaban J connectivity index is 1.83. The summed E-state index contributed by atoms with van der Waals surface area (Å²) in [5.74, 6) is -0.464. The number of esters is 1. The van der Waals surface area contributed by atoms with Crippen LogP contribution in [0.15, 0.2) is 46.6 Å². The summed E-state index contributed by atoms with van der Waals surface area (Å²) < 4.78 is 16.4. The first-order valence-electron chi connectivity index (χ1n) is 8.99. The van der Waals surface area contributed by atoms with Crippen LogP contribution in [0.25, 0.3) is 6.08 Å². The molecule has 0 spiro atoms. The van der Waals surface area contributed by atoms with Crippen LogP contribution in [0.2, 0.25) is 5.02 Å². The molecular formula is C21H18BrClN2O6. The van der Waals surface area contributed by atoms with Gasteiger partial charge in [-0.05, 0) is 45.8 Å². The van der Waals surface area contributed by atoms with Crippen LogP contribution in [-0.2, 0) is 20.9 Å². The summed E-state index contributed by atoms with van der Waals surface area (Å²) in [5.41, 5.74) is 1.40. The van der Waals surface area contributed by atoms with Crippen LogP contribution < -0.4 is 14.8 Å². The predicted molar refractivity (Wildman–Crippen MR) is 117 cm³/mol. The Morgan fingerprint density at radius 2 is 1.97 bits per heavy atom. The molecule has 3 amide bonds. The van der Waals surface area contributed by atoms with Crippen LogP contribution >= 0.6 is 27.5 Å². The van der Waals surface area contributed by atoms with Gasteiger partial charge in [-0.1, -0.05) is 29.8 Å². The number of rotatable bonds is 7. The average molecular weight is 510 g/mol. The van der Waals surface area contributed by atoms with E-state index in [4.69, 9.17) is 21.1 Å². The van der Waals surface area contributed by atoms with E-state index in [1.807, 2.05) is 18.2 Å². The van der Waals surface area contributed by atoms with E-state index in [2.05, 4.69) is 26.0 Å². The van der Waals surface area contributed by atoms with Gasteiger partial charge < -0.3 is 19.5 Å². The van der Waals surface area contributed by atoms with Gasteiger partial charge in [-0.25, -0.2) is 9.69 Å². The quantitative estimate of drug-likeness (QED) is 0.347. The molecule has 1 saturated heterocycles.